The molecule has 7 nitrogen and oxygen atoms in total. The first-order valence-corrected chi connectivity index (χ1v) is 10.9. The highest BCUT2D eigenvalue weighted by Crippen LogP contribution is 2.27. The second-order valence-corrected chi connectivity index (χ2v) is 8.05. The minimum absolute atomic E-state index is 0.0963. The molecule has 1 aliphatic rings. The Morgan fingerprint density at radius 1 is 1.09 bits per heavy atom. The van der Waals surface area contributed by atoms with Gasteiger partial charge < -0.3 is 9.64 Å². The number of likely N-dealkylation sites (tertiary alicyclic amines) is 1. The van der Waals surface area contributed by atoms with Crippen LogP contribution in [0.4, 0.5) is 0 Å². The Labute approximate surface area is 191 Å². The van der Waals surface area contributed by atoms with Crippen LogP contribution in [-0.4, -0.2) is 38.0 Å². The van der Waals surface area contributed by atoms with Crippen LogP contribution < -0.4 is 10.4 Å². The Morgan fingerprint density at radius 2 is 1.88 bits per heavy atom. The summed E-state index contributed by atoms with van der Waals surface area (Å²) in [6.45, 7) is 5.14. The predicted octanol–water partition coefficient (Wildman–Crippen LogP) is 3.73. The molecule has 7 heteroatoms. The third-order valence-electron chi connectivity index (χ3n) is 6.03. The molecule has 33 heavy (non-hydrogen) atoms. The molecule has 4 aromatic rings. The number of hydrogen-bond acceptors (Lipinski definition) is 4. The third-order valence-corrected chi connectivity index (χ3v) is 6.03. The zero-order valence-electron chi connectivity index (χ0n) is 18.1. The van der Waals surface area contributed by atoms with E-state index in [1.807, 2.05) is 60.7 Å². The van der Waals surface area contributed by atoms with Crippen molar-refractivity contribution in [1.29, 1.82) is 0 Å². The average Bonchev–Trinajstić information content (AvgIpc) is 3.45. The smallest absolute Gasteiger partial charge is 0.334 e. The molecule has 2 aromatic carbocycles. The number of nitrogens with zero attached hydrogens (tertiary/aromatic N) is 4. The molecule has 5 rings (SSSR count). The van der Waals surface area contributed by atoms with Gasteiger partial charge >= 0.3 is 5.69 Å². The van der Waals surface area contributed by atoms with E-state index in [2.05, 4.69) is 11.6 Å². The minimum Gasteiger partial charge on any atom is -0.489 e. The Kier molecular flexibility index (Phi) is 5.52. The summed E-state index contributed by atoms with van der Waals surface area (Å²) < 4.78 is 9.33. The molecule has 0 bridgehead atoms. The van der Waals surface area contributed by atoms with Crippen LogP contribution in [0.15, 0.2) is 90.5 Å². The van der Waals surface area contributed by atoms with Gasteiger partial charge in [-0.25, -0.2) is 4.79 Å². The number of benzene rings is 2. The van der Waals surface area contributed by atoms with Crippen molar-refractivity contribution in [2.24, 2.45) is 0 Å². The fourth-order valence-corrected chi connectivity index (χ4v) is 4.39. The van der Waals surface area contributed by atoms with Crippen LogP contribution in [0.1, 0.15) is 18.0 Å². The van der Waals surface area contributed by atoms with Crippen molar-refractivity contribution in [3.05, 3.63) is 102 Å². The maximum atomic E-state index is 13.6. The van der Waals surface area contributed by atoms with Crippen LogP contribution in [0.5, 0.6) is 5.75 Å². The van der Waals surface area contributed by atoms with Crippen LogP contribution >= 0.6 is 0 Å². The summed E-state index contributed by atoms with van der Waals surface area (Å²) in [7, 11) is 0. The molecule has 166 valence electrons. The van der Waals surface area contributed by atoms with Crippen molar-refractivity contribution in [2.45, 2.75) is 19.1 Å². The molecule has 0 saturated carbocycles. The maximum absolute atomic E-state index is 13.6. The summed E-state index contributed by atoms with van der Waals surface area (Å²) in [5, 5.41) is 0. The summed E-state index contributed by atoms with van der Waals surface area (Å²) >= 11 is 0. The van der Waals surface area contributed by atoms with Gasteiger partial charge in [0, 0.05) is 19.3 Å². The van der Waals surface area contributed by atoms with E-state index >= 15 is 0 Å². The van der Waals surface area contributed by atoms with E-state index in [9.17, 15) is 9.59 Å². The number of pyridine rings is 1. The number of carbonyl (C=O) groups is 1. The van der Waals surface area contributed by atoms with E-state index in [1.165, 1.54) is 6.08 Å². The summed E-state index contributed by atoms with van der Waals surface area (Å²) in [5.41, 5.74) is 3.22. The predicted molar refractivity (Wildman–Crippen MR) is 127 cm³/mol. The molecule has 0 aliphatic carbocycles. The Hall–Kier alpha value is -4.13. The number of rotatable bonds is 6. The molecule has 1 saturated heterocycles. The van der Waals surface area contributed by atoms with Crippen LogP contribution in [0, 0.1) is 0 Å². The number of hydrogen-bond donors (Lipinski definition) is 0. The van der Waals surface area contributed by atoms with Crippen molar-refractivity contribution < 1.29 is 9.53 Å². The zero-order chi connectivity index (χ0) is 22.8. The van der Waals surface area contributed by atoms with Crippen molar-refractivity contribution >= 4 is 16.9 Å². The lowest BCUT2D eigenvalue weighted by Crippen LogP contribution is -2.31. The van der Waals surface area contributed by atoms with E-state index in [0.717, 1.165) is 28.0 Å². The van der Waals surface area contributed by atoms with Gasteiger partial charge in [-0.1, -0.05) is 36.9 Å². The average molecular weight is 441 g/mol. The highest BCUT2D eigenvalue weighted by atomic mass is 16.5. The largest absolute Gasteiger partial charge is 0.489 e. The summed E-state index contributed by atoms with van der Waals surface area (Å²) in [5.74, 6) is 0.619. The van der Waals surface area contributed by atoms with Gasteiger partial charge in [-0.3, -0.25) is 18.9 Å². The Bertz CT molecular complexity index is 1360. The third kappa shape index (κ3) is 3.93. The molecule has 0 spiro atoms. The lowest BCUT2D eigenvalue weighted by molar-refractivity contribution is -0.125. The quantitative estimate of drug-likeness (QED) is 0.429. The topological polar surface area (TPSA) is 69.4 Å². The van der Waals surface area contributed by atoms with E-state index in [4.69, 9.17) is 4.74 Å². The number of imidazole rings is 1. The highest BCUT2D eigenvalue weighted by Gasteiger charge is 2.29. The van der Waals surface area contributed by atoms with Gasteiger partial charge in [-0.05, 0) is 48.4 Å². The lowest BCUT2D eigenvalue weighted by atomic mass is 10.2. The van der Waals surface area contributed by atoms with Gasteiger partial charge in [-0.2, -0.15) is 0 Å². The van der Waals surface area contributed by atoms with Crippen molar-refractivity contribution in [3.63, 3.8) is 0 Å². The summed E-state index contributed by atoms with van der Waals surface area (Å²) in [6.07, 6.45) is 5.42. The van der Waals surface area contributed by atoms with E-state index < -0.39 is 0 Å². The van der Waals surface area contributed by atoms with E-state index in [-0.39, 0.29) is 17.6 Å². The molecular weight excluding hydrogens is 416 g/mol. The van der Waals surface area contributed by atoms with E-state index in [0.29, 0.717) is 26.1 Å². The van der Waals surface area contributed by atoms with Crippen molar-refractivity contribution in [2.75, 3.05) is 13.1 Å². The first-order chi connectivity index (χ1) is 16.2. The van der Waals surface area contributed by atoms with E-state index in [1.54, 1.807) is 26.4 Å². The van der Waals surface area contributed by atoms with Gasteiger partial charge in [0.15, 0.2) is 0 Å². The fourth-order valence-electron chi connectivity index (χ4n) is 4.39. The maximum Gasteiger partial charge on any atom is 0.334 e. The standard InChI is InChI=1S/C26H24N4O3/c1-2-25(31)28-15-13-21(17-28)30-23-12-14-27-16-24(23)29(26(30)32)20-8-10-22(11-9-20)33-18-19-6-4-3-5-7-19/h2-12,14,16,21H,1,13,15,17-18H2. The van der Waals surface area contributed by atoms with Gasteiger partial charge in [-0.15, -0.1) is 0 Å². The first kappa shape index (κ1) is 20.8. The Balaban J connectivity index is 1.45. The SMILES string of the molecule is C=CC(=O)N1CCC(n2c(=O)n(-c3ccc(OCc4ccccc4)cc3)c3cnccc32)C1. The molecule has 0 N–H and O–H groups in total. The van der Waals surface area contributed by atoms with Crippen LogP contribution in [0.3, 0.4) is 0 Å². The van der Waals surface area contributed by atoms with Crippen molar-refractivity contribution in [1.82, 2.24) is 19.0 Å². The summed E-state index contributed by atoms with van der Waals surface area (Å²) in [4.78, 5) is 31.6. The second-order valence-electron chi connectivity index (χ2n) is 8.05. The number of amides is 1. The van der Waals surface area contributed by atoms with Gasteiger partial charge in [0.05, 0.1) is 29.0 Å². The molecular formula is C26H24N4O3. The number of ether oxygens (including phenoxy) is 1. The molecule has 0 radical (unpaired) electrons. The molecule has 1 amide bonds. The number of aromatic nitrogens is 3. The molecule has 1 fully saturated rings. The highest BCUT2D eigenvalue weighted by molar-refractivity contribution is 5.87. The molecule has 2 aromatic heterocycles. The molecule has 1 atom stereocenters. The van der Waals surface area contributed by atoms with Crippen LogP contribution in [0.2, 0.25) is 0 Å². The number of fused-ring (bicyclic) bond motifs is 1. The van der Waals surface area contributed by atoms with Crippen LogP contribution in [-0.2, 0) is 11.4 Å². The second kappa shape index (κ2) is 8.78. The van der Waals surface area contributed by atoms with Crippen LogP contribution in [0.25, 0.3) is 16.7 Å². The fraction of sp³-hybridized carbons (Fsp3) is 0.192. The van der Waals surface area contributed by atoms with Crippen molar-refractivity contribution in [3.8, 4) is 11.4 Å². The molecule has 3 heterocycles. The Morgan fingerprint density at radius 3 is 2.64 bits per heavy atom. The first-order valence-electron chi connectivity index (χ1n) is 10.9. The van der Waals surface area contributed by atoms with Gasteiger partial charge in [0.25, 0.3) is 0 Å². The van der Waals surface area contributed by atoms with Gasteiger partial charge in [0.1, 0.15) is 12.4 Å². The lowest BCUT2D eigenvalue weighted by Gasteiger charge is -2.15. The monoisotopic (exact) mass is 440 g/mol. The zero-order valence-corrected chi connectivity index (χ0v) is 18.1. The molecule has 1 unspecified atom stereocenters. The normalized spacial score (nSPS) is 15.6. The minimum atomic E-state index is -0.145. The summed E-state index contributed by atoms with van der Waals surface area (Å²) in [6, 6.07) is 19.2. The van der Waals surface area contributed by atoms with Gasteiger partial charge in [0.2, 0.25) is 5.91 Å². The number of carbonyl (C=O) groups excluding carboxylic acids is 1. The molecule has 1 aliphatic heterocycles.